The topological polar surface area (TPSA) is 52.1 Å². The number of hydrogen-bond donors (Lipinski definition) is 0. The van der Waals surface area contributed by atoms with Gasteiger partial charge in [-0.05, 0) is 18.4 Å². The monoisotopic (exact) mass is 412 g/mol. The first kappa shape index (κ1) is 18.0. The molecule has 4 nitrogen and oxygen atoms in total. The van der Waals surface area contributed by atoms with Crippen molar-refractivity contribution >= 4 is 40.0 Å². The molecular weight excluding hydrogens is 396 g/mol. The van der Waals surface area contributed by atoms with Crippen LogP contribution in [-0.2, 0) is 22.6 Å². The minimum atomic E-state index is -0.290. The van der Waals surface area contributed by atoms with Crippen LogP contribution in [0.15, 0.2) is 51.9 Å². The Morgan fingerprint density at radius 2 is 1.63 bits per heavy atom. The minimum absolute atomic E-state index is 0.176. The standard InChI is InChI=1S/C20H16N2O2S3/c1-13-2-4-14(5-3-13)19-22-17(12-27-19)9-24-18(23)8-16-11-26-20(21-16)15-6-7-25-10-15/h2-7,10-12H,8-9H2,1H3. The van der Waals surface area contributed by atoms with Crippen molar-refractivity contribution in [1.82, 2.24) is 9.97 Å². The number of carbonyl (C=O) groups excluding carboxylic acids is 1. The smallest absolute Gasteiger partial charge is 0.312 e. The van der Waals surface area contributed by atoms with Crippen molar-refractivity contribution in [2.24, 2.45) is 0 Å². The van der Waals surface area contributed by atoms with Gasteiger partial charge in [0.05, 0.1) is 17.8 Å². The summed E-state index contributed by atoms with van der Waals surface area (Å²) in [6, 6.07) is 10.3. The number of aromatic nitrogens is 2. The predicted octanol–water partition coefficient (Wildman–Crippen LogP) is 5.59. The molecule has 1 aromatic carbocycles. The van der Waals surface area contributed by atoms with Crippen LogP contribution in [0.25, 0.3) is 21.1 Å². The molecule has 0 spiro atoms. The number of thiazole rings is 2. The Kier molecular flexibility index (Phi) is 5.42. The quantitative estimate of drug-likeness (QED) is 0.387. The molecule has 0 amide bonds. The second-order valence-electron chi connectivity index (χ2n) is 6.00. The first-order valence-electron chi connectivity index (χ1n) is 8.31. The molecule has 0 saturated heterocycles. The molecule has 0 aliphatic heterocycles. The lowest BCUT2D eigenvalue weighted by atomic mass is 10.2. The van der Waals surface area contributed by atoms with E-state index in [-0.39, 0.29) is 19.0 Å². The van der Waals surface area contributed by atoms with Gasteiger partial charge in [-0.3, -0.25) is 4.79 Å². The molecule has 3 aromatic heterocycles. The van der Waals surface area contributed by atoms with E-state index in [1.54, 1.807) is 34.0 Å². The van der Waals surface area contributed by atoms with Gasteiger partial charge in [-0.25, -0.2) is 9.97 Å². The molecule has 0 bridgehead atoms. The van der Waals surface area contributed by atoms with Crippen molar-refractivity contribution in [1.29, 1.82) is 0 Å². The number of ether oxygens (including phenoxy) is 1. The molecule has 0 fully saturated rings. The first-order chi connectivity index (χ1) is 13.2. The van der Waals surface area contributed by atoms with Crippen LogP contribution in [0.1, 0.15) is 17.0 Å². The van der Waals surface area contributed by atoms with E-state index in [4.69, 9.17) is 4.74 Å². The molecule has 136 valence electrons. The summed E-state index contributed by atoms with van der Waals surface area (Å²) in [5.74, 6) is -0.290. The number of esters is 1. The molecule has 0 radical (unpaired) electrons. The number of rotatable bonds is 6. The van der Waals surface area contributed by atoms with E-state index >= 15 is 0 Å². The fourth-order valence-corrected chi connectivity index (χ4v) is 4.80. The van der Waals surface area contributed by atoms with Gasteiger partial charge < -0.3 is 4.74 Å². The van der Waals surface area contributed by atoms with Crippen LogP contribution in [0.5, 0.6) is 0 Å². The van der Waals surface area contributed by atoms with Gasteiger partial charge in [0, 0.05) is 27.3 Å². The number of benzene rings is 1. The van der Waals surface area contributed by atoms with Gasteiger partial charge in [0.15, 0.2) is 0 Å². The Hall–Kier alpha value is -2.35. The number of carbonyl (C=O) groups is 1. The molecule has 0 N–H and O–H groups in total. The molecular formula is C20H16N2O2S3. The van der Waals surface area contributed by atoms with E-state index < -0.39 is 0 Å². The van der Waals surface area contributed by atoms with Gasteiger partial charge >= 0.3 is 5.97 Å². The fourth-order valence-electron chi connectivity index (χ4n) is 2.46. The Balaban J connectivity index is 1.32. The summed E-state index contributed by atoms with van der Waals surface area (Å²) in [6.07, 6.45) is 0.176. The maximum absolute atomic E-state index is 12.1. The van der Waals surface area contributed by atoms with Crippen molar-refractivity contribution in [2.75, 3.05) is 0 Å². The van der Waals surface area contributed by atoms with E-state index in [1.165, 1.54) is 5.56 Å². The second-order valence-corrected chi connectivity index (χ2v) is 8.50. The minimum Gasteiger partial charge on any atom is -0.459 e. The maximum Gasteiger partial charge on any atom is 0.312 e. The summed E-state index contributed by atoms with van der Waals surface area (Å²) in [4.78, 5) is 21.2. The van der Waals surface area contributed by atoms with Crippen LogP contribution in [-0.4, -0.2) is 15.9 Å². The Labute approximate surface area is 169 Å². The maximum atomic E-state index is 12.1. The number of nitrogens with zero attached hydrogens (tertiary/aromatic N) is 2. The summed E-state index contributed by atoms with van der Waals surface area (Å²) >= 11 is 4.73. The summed E-state index contributed by atoms with van der Waals surface area (Å²) in [7, 11) is 0. The molecule has 3 heterocycles. The molecule has 4 aromatic rings. The zero-order valence-electron chi connectivity index (χ0n) is 14.5. The Morgan fingerprint density at radius 3 is 2.37 bits per heavy atom. The molecule has 0 atom stereocenters. The lowest BCUT2D eigenvalue weighted by molar-refractivity contribution is -0.144. The molecule has 4 rings (SSSR count). The van der Waals surface area contributed by atoms with Crippen LogP contribution in [0.3, 0.4) is 0 Å². The molecule has 0 aliphatic rings. The summed E-state index contributed by atoms with van der Waals surface area (Å²) < 4.78 is 5.37. The van der Waals surface area contributed by atoms with Crippen molar-refractivity contribution < 1.29 is 9.53 Å². The van der Waals surface area contributed by atoms with Crippen molar-refractivity contribution in [3.63, 3.8) is 0 Å². The summed E-state index contributed by atoms with van der Waals surface area (Å²) in [6.45, 7) is 2.24. The van der Waals surface area contributed by atoms with Crippen LogP contribution in [0.4, 0.5) is 0 Å². The largest absolute Gasteiger partial charge is 0.459 e. The molecule has 7 heteroatoms. The normalized spacial score (nSPS) is 10.9. The van der Waals surface area contributed by atoms with Gasteiger partial charge in [-0.2, -0.15) is 11.3 Å². The number of hydrogen-bond acceptors (Lipinski definition) is 7. The van der Waals surface area contributed by atoms with Crippen LogP contribution >= 0.6 is 34.0 Å². The second kappa shape index (κ2) is 8.12. The third-order valence-electron chi connectivity index (χ3n) is 3.88. The van der Waals surface area contributed by atoms with Crippen molar-refractivity contribution in [2.45, 2.75) is 20.0 Å². The van der Waals surface area contributed by atoms with Crippen molar-refractivity contribution in [3.05, 3.63) is 68.8 Å². The van der Waals surface area contributed by atoms with Gasteiger partial charge in [0.25, 0.3) is 0 Å². The molecule has 0 aliphatic carbocycles. The third kappa shape index (κ3) is 4.50. The van der Waals surface area contributed by atoms with Crippen molar-refractivity contribution in [3.8, 4) is 21.1 Å². The summed E-state index contributed by atoms with van der Waals surface area (Å²) in [5, 5.41) is 9.77. The predicted molar refractivity (Wildman–Crippen MR) is 111 cm³/mol. The number of aryl methyl sites for hydroxylation is 1. The van der Waals surface area contributed by atoms with E-state index in [2.05, 4.69) is 46.5 Å². The van der Waals surface area contributed by atoms with E-state index in [0.29, 0.717) is 0 Å². The molecule has 0 saturated carbocycles. The Morgan fingerprint density at radius 1 is 0.926 bits per heavy atom. The van der Waals surface area contributed by atoms with Gasteiger partial charge in [-0.15, -0.1) is 22.7 Å². The average Bonchev–Trinajstić information content (AvgIpc) is 3.42. The fraction of sp³-hybridized carbons (Fsp3) is 0.150. The zero-order chi connectivity index (χ0) is 18.6. The lowest BCUT2D eigenvalue weighted by Gasteiger charge is -2.01. The average molecular weight is 413 g/mol. The van der Waals surface area contributed by atoms with Crippen LogP contribution in [0.2, 0.25) is 0 Å². The zero-order valence-corrected chi connectivity index (χ0v) is 17.0. The van der Waals surface area contributed by atoms with E-state index in [9.17, 15) is 4.79 Å². The lowest BCUT2D eigenvalue weighted by Crippen LogP contribution is -2.08. The first-order valence-corrected chi connectivity index (χ1v) is 11.0. The molecule has 27 heavy (non-hydrogen) atoms. The SMILES string of the molecule is Cc1ccc(-c2nc(COC(=O)Cc3csc(-c4ccsc4)n3)cs2)cc1. The highest BCUT2D eigenvalue weighted by atomic mass is 32.1. The van der Waals surface area contributed by atoms with E-state index in [1.807, 2.05) is 22.2 Å². The highest BCUT2D eigenvalue weighted by molar-refractivity contribution is 7.14. The summed E-state index contributed by atoms with van der Waals surface area (Å²) in [5.41, 5.74) is 4.89. The molecule has 0 unspecified atom stereocenters. The van der Waals surface area contributed by atoms with Gasteiger partial charge in [0.1, 0.15) is 16.6 Å². The number of thiophene rings is 1. The third-order valence-corrected chi connectivity index (χ3v) is 6.44. The van der Waals surface area contributed by atoms with E-state index in [0.717, 1.165) is 32.5 Å². The highest BCUT2D eigenvalue weighted by Gasteiger charge is 2.12. The van der Waals surface area contributed by atoms with Gasteiger partial charge in [0.2, 0.25) is 0 Å². The highest BCUT2D eigenvalue weighted by Crippen LogP contribution is 2.26. The van der Waals surface area contributed by atoms with Gasteiger partial charge in [-0.1, -0.05) is 29.8 Å². The van der Waals surface area contributed by atoms with Crippen LogP contribution in [0, 0.1) is 6.92 Å². The Bertz CT molecular complexity index is 1030. The van der Waals surface area contributed by atoms with Crippen LogP contribution < -0.4 is 0 Å².